The molecule has 0 aliphatic carbocycles. The molecular weight excluding hydrogens is 316 g/mol. The van der Waals surface area contributed by atoms with E-state index in [-0.39, 0.29) is 5.91 Å². The van der Waals surface area contributed by atoms with Crippen LogP contribution in [0.5, 0.6) is 0 Å². The Kier molecular flexibility index (Phi) is 6.04. The zero-order valence-electron chi connectivity index (χ0n) is 12.5. The van der Waals surface area contributed by atoms with Gasteiger partial charge in [0.1, 0.15) is 0 Å². The molecule has 1 amide bonds. The highest BCUT2D eigenvalue weighted by Crippen LogP contribution is 2.19. The molecule has 3 nitrogen and oxygen atoms in total. The van der Waals surface area contributed by atoms with Gasteiger partial charge in [0.25, 0.3) is 0 Å². The van der Waals surface area contributed by atoms with Gasteiger partial charge in [-0.25, -0.2) is 5.43 Å². The number of carbonyl (C=O) groups excluding carboxylic acids is 1. The van der Waals surface area contributed by atoms with Crippen LogP contribution in [0.1, 0.15) is 16.7 Å². The molecule has 0 aliphatic rings. The van der Waals surface area contributed by atoms with Crippen molar-refractivity contribution in [3.05, 3.63) is 64.2 Å². The Morgan fingerprint density at radius 2 is 1.95 bits per heavy atom. The summed E-state index contributed by atoms with van der Waals surface area (Å²) in [7, 11) is 0. The maximum Gasteiger partial charge on any atom is 0.250 e. The van der Waals surface area contributed by atoms with Gasteiger partial charge in [-0.05, 0) is 49.2 Å². The number of aryl methyl sites for hydroxylation is 2. The molecule has 0 aliphatic heterocycles. The van der Waals surface area contributed by atoms with Crippen LogP contribution in [-0.4, -0.2) is 17.9 Å². The second kappa shape index (κ2) is 8.01. The first-order valence-corrected chi connectivity index (χ1v) is 8.18. The lowest BCUT2D eigenvalue weighted by Gasteiger charge is -2.03. The van der Waals surface area contributed by atoms with Gasteiger partial charge in [-0.2, -0.15) is 5.10 Å². The predicted molar refractivity (Wildman–Crippen MR) is 93.8 cm³/mol. The van der Waals surface area contributed by atoms with Crippen molar-refractivity contribution in [3.63, 3.8) is 0 Å². The van der Waals surface area contributed by atoms with Crippen LogP contribution in [0.4, 0.5) is 0 Å². The maximum atomic E-state index is 11.8. The van der Waals surface area contributed by atoms with Crippen LogP contribution >= 0.6 is 23.4 Å². The zero-order chi connectivity index (χ0) is 15.9. The number of nitrogens with zero attached hydrogens (tertiary/aromatic N) is 1. The van der Waals surface area contributed by atoms with Crippen molar-refractivity contribution in [2.24, 2.45) is 5.10 Å². The molecule has 2 aromatic carbocycles. The average Bonchev–Trinajstić information content (AvgIpc) is 2.50. The molecule has 2 rings (SSSR count). The number of hydrazone groups is 1. The first-order valence-electron chi connectivity index (χ1n) is 6.82. The summed E-state index contributed by atoms with van der Waals surface area (Å²) in [6, 6.07) is 13.5. The third-order valence-electron chi connectivity index (χ3n) is 3.01. The van der Waals surface area contributed by atoms with Crippen LogP contribution in [0.3, 0.4) is 0 Å². The number of thioether (sulfide) groups is 1. The second-order valence-corrected chi connectivity index (χ2v) is 6.38. The summed E-state index contributed by atoms with van der Waals surface area (Å²) >= 11 is 7.26. The number of halogens is 1. The van der Waals surface area contributed by atoms with Crippen molar-refractivity contribution >= 4 is 35.5 Å². The molecule has 5 heteroatoms. The Balaban J connectivity index is 1.83. The van der Waals surface area contributed by atoms with Gasteiger partial charge < -0.3 is 0 Å². The fourth-order valence-electron chi connectivity index (χ4n) is 1.78. The SMILES string of the molecule is Cc1ccc(C)c(/C=N\NC(=O)CSc2ccc(Cl)cc2)c1. The Morgan fingerprint density at radius 3 is 2.68 bits per heavy atom. The monoisotopic (exact) mass is 332 g/mol. The van der Waals surface area contributed by atoms with E-state index in [9.17, 15) is 4.79 Å². The summed E-state index contributed by atoms with van der Waals surface area (Å²) in [5.41, 5.74) is 5.84. The largest absolute Gasteiger partial charge is 0.272 e. The summed E-state index contributed by atoms with van der Waals surface area (Å²) in [6.07, 6.45) is 1.67. The highest BCUT2D eigenvalue weighted by atomic mass is 35.5. The molecule has 0 spiro atoms. The molecule has 0 aromatic heterocycles. The molecule has 0 saturated heterocycles. The van der Waals surface area contributed by atoms with Gasteiger partial charge in [0.05, 0.1) is 12.0 Å². The number of benzene rings is 2. The van der Waals surface area contributed by atoms with Crippen molar-refractivity contribution in [1.82, 2.24) is 5.43 Å². The first-order chi connectivity index (χ1) is 10.5. The van der Waals surface area contributed by atoms with Crippen molar-refractivity contribution < 1.29 is 4.79 Å². The Labute approximate surface area is 139 Å². The Bertz CT molecular complexity index is 684. The van der Waals surface area contributed by atoms with Crippen LogP contribution in [0.15, 0.2) is 52.5 Å². The number of carbonyl (C=O) groups is 1. The van der Waals surface area contributed by atoms with E-state index >= 15 is 0 Å². The molecule has 114 valence electrons. The minimum absolute atomic E-state index is 0.137. The van der Waals surface area contributed by atoms with E-state index < -0.39 is 0 Å². The normalized spacial score (nSPS) is 10.9. The van der Waals surface area contributed by atoms with E-state index in [4.69, 9.17) is 11.6 Å². The molecule has 0 saturated carbocycles. The van der Waals surface area contributed by atoms with Crippen LogP contribution in [0, 0.1) is 13.8 Å². The molecule has 0 heterocycles. The molecule has 0 atom stereocenters. The van der Waals surface area contributed by atoms with Crippen LogP contribution in [-0.2, 0) is 4.79 Å². The molecule has 0 radical (unpaired) electrons. The van der Waals surface area contributed by atoms with Crippen LogP contribution in [0.2, 0.25) is 5.02 Å². The van der Waals surface area contributed by atoms with Crippen molar-refractivity contribution in [2.75, 3.05) is 5.75 Å². The van der Waals surface area contributed by atoms with E-state index in [0.29, 0.717) is 10.8 Å². The molecule has 0 unspecified atom stereocenters. The van der Waals surface area contributed by atoms with E-state index in [1.54, 1.807) is 18.3 Å². The summed E-state index contributed by atoms with van der Waals surface area (Å²) in [4.78, 5) is 12.8. The third kappa shape index (κ3) is 5.20. The van der Waals surface area contributed by atoms with E-state index in [1.165, 1.54) is 11.8 Å². The summed E-state index contributed by atoms with van der Waals surface area (Å²) in [5.74, 6) is 0.174. The average molecular weight is 333 g/mol. The summed E-state index contributed by atoms with van der Waals surface area (Å²) in [6.45, 7) is 4.04. The molecule has 2 aromatic rings. The van der Waals surface area contributed by atoms with Gasteiger partial charge in [-0.3, -0.25) is 4.79 Å². The first kappa shape index (κ1) is 16.6. The molecule has 22 heavy (non-hydrogen) atoms. The summed E-state index contributed by atoms with van der Waals surface area (Å²) < 4.78 is 0. The topological polar surface area (TPSA) is 41.5 Å². The molecular formula is C17H17ClN2OS. The van der Waals surface area contributed by atoms with Gasteiger partial charge >= 0.3 is 0 Å². The Hall–Kier alpha value is -1.78. The van der Waals surface area contributed by atoms with Crippen molar-refractivity contribution in [2.45, 2.75) is 18.7 Å². The van der Waals surface area contributed by atoms with E-state index in [2.05, 4.69) is 10.5 Å². The third-order valence-corrected chi connectivity index (χ3v) is 4.28. The van der Waals surface area contributed by atoms with Gasteiger partial charge in [0, 0.05) is 9.92 Å². The van der Waals surface area contributed by atoms with Gasteiger partial charge in [-0.1, -0.05) is 35.4 Å². The van der Waals surface area contributed by atoms with Gasteiger partial charge in [0.2, 0.25) is 5.91 Å². The van der Waals surface area contributed by atoms with Gasteiger partial charge in [-0.15, -0.1) is 11.8 Å². The van der Waals surface area contributed by atoms with Crippen molar-refractivity contribution in [3.8, 4) is 0 Å². The van der Waals surface area contributed by atoms with Gasteiger partial charge in [0.15, 0.2) is 0 Å². The van der Waals surface area contributed by atoms with Crippen molar-refractivity contribution in [1.29, 1.82) is 0 Å². The highest BCUT2D eigenvalue weighted by molar-refractivity contribution is 8.00. The molecule has 1 N–H and O–H groups in total. The highest BCUT2D eigenvalue weighted by Gasteiger charge is 2.02. The number of amides is 1. The minimum Gasteiger partial charge on any atom is -0.272 e. The number of rotatable bonds is 5. The fraction of sp³-hybridized carbons (Fsp3) is 0.176. The van der Waals surface area contributed by atoms with Crippen LogP contribution in [0.25, 0.3) is 0 Å². The fourth-order valence-corrected chi connectivity index (χ4v) is 2.60. The summed E-state index contributed by atoms with van der Waals surface area (Å²) in [5, 5.41) is 4.70. The van der Waals surface area contributed by atoms with E-state index in [1.807, 2.05) is 44.2 Å². The standard InChI is InChI=1S/C17H17ClN2OS/c1-12-3-4-13(2)14(9-12)10-19-20-17(21)11-22-16-7-5-15(18)6-8-16/h3-10H,11H2,1-2H3,(H,20,21)/b19-10-. The second-order valence-electron chi connectivity index (χ2n) is 4.90. The van der Waals surface area contributed by atoms with E-state index in [0.717, 1.165) is 21.6 Å². The minimum atomic E-state index is -0.137. The predicted octanol–water partition coefficient (Wildman–Crippen LogP) is 4.20. The molecule has 0 bridgehead atoms. The lowest BCUT2D eigenvalue weighted by Crippen LogP contribution is -2.19. The number of hydrogen-bond acceptors (Lipinski definition) is 3. The zero-order valence-corrected chi connectivity index (χ0v) is 14.0. The smallest absolute Gasteiger partial charge is 0.250 e. The van der Waals surface area contributed by atoms with Crippen LogP contribution < -0.4 is 5.43 Å². The maximum absolute atomic E-state index is 11.8. The Morgan fingerprint density at radius 1 is 1.23 bits per heavy atom. The molecule has 0 fully saturated rings. The quantitative estimate of drug-likeness (QED) is 0.506. The lowest BCUT2D eigenvalue weighted by atomic mass is 10.1. The number of hydrogen-bond donors (Lipinski definition) is 1. The lowest BCUT2D eigenvalue weighted by molar-refractivity contribution is -0.118. The number of nitrogens with one attached hydrogen (secondary N) is 1.